The molecule has 1 aromatic heterocycles. The first-order chi connectivity index (χ1) is 16.2. The predicted octanol–water partition coefficient (Wildman–Crippen LogP) is 4.38. The summed E-state index contributed by atoms with van der Waals surface area (Å²) in [6.07, 6.45) is 1.90. The molecule has 0 atom stereocenters. The number of benzene rings is 3. The van der Waals surface area contributed by atoms with E-state index in [1.807, 2.05) is 19.3 Å². The summed E-state index contributed by atoms with van der Waals surface area (Å²) in [7, 11) is 0. The number of ether oxygens (including phenoxy) is 1. The van der Waals surface area contributed by atoms with Gasteiger partial charge >= 0.3 is 5.97 Å². The van der Waals surface area contributed by atoms with E-state index in [0.29, 0.717) is 13.2 Å². The average molecular weight is 441 g/mol. The fourth-order valence-electron chi connectivity index (χ4n) is 4.42. The third kappa shape index (κ3) is 4.61. The van der Waals surface area contributed by atoms with Crippen LogP contribution in [0.15, 0.2) is 79.1 Å². The van der Waals surface area contributed by atoms with Crippen LogP contribution in [0.2, 0.25) is 0 Å². The number of imidazole rings is 1. The molecule has 0 spiro atoms. The van der Waals surface area contributed by atoms with E-state index in [2.05, 4.69) is 86.1 Å². The highest BCUT2D eigenvalue weighted by Crippen LogP contribution is 2.27. The maximum atomic E-state index is 11.8. The molecule has 0 aliphatic carbocycles. The van der Waals surface area contributed by atoms with Gasteiger partial charge in [0, 0.05) is 37.6 Å². The van der Waals surface area contributed by atoms with E-state index in [1.165, 1.54) is 16.8 Å². The summed E-state index contributed by atoms with van der Waals surface area (Å²) >= 11 is 0. The van der Waals surface area contributed by atoms with Crippen LogP contribution < -0.4 is 4.90 Å². The molecule has 0 unspecified atom stereocenters. The number of rotatable bonds is 6. The summed E-state index contributed by atoms with van der Waals surface area (Å²) in [5, 5.41) is 0. The van der Waals surface area contributed by atoms with Crippen LogP contribution in [0.25, 0.3) is 27.8 Å². The van der Waals surface area contributed by atoms with Gasteiger partial charge in [0.15, 0.2) is 0 Å². The second-order valence-electron chi connectivity index (χ2n) is 8.27. The van der Waals surface area contributed by atoms with Crippen molar-refractivity contribution < 1.29 is 9.53 Å². The van der Waals surface area contributed by atoms with Gasteiger partial charge in [0.25, 0.3) is 0 Å². The van der Waals surface area contributed by atoms with E-state index in [-0.39, 0.29) is 5.97 Å². The first kappa shape index (κ1) is 21.2. The summed E-state index contributed by atoms with van der Waals surface area (Å²) in [6, 6.07) is 25.4. The molecule has 1 fully saturated rings. The molecule has 6 nitrogen and oxygen atoms in total. The monoisotopic (exact) mass is 440 g/mol. The minimum atomic E-state index is -0.143. The number of fused-ring (bicyclic) bond motifs is 1. The Balaban J connectivity index is 1.33. The smallest absolute Gasteiger partial charge is 0.320 e. The van der Waals surface area contributed by atoms with Crippen molar-refractivity contribution in [1.29, 1.82) is 0 Å². The van der Waals surface area contributed by atoms with Crippen molar-refractivity contribution in [2.75, 3.05) is 44.2 Å². The molecule has 168 valence electrons. The fraction of sp³-hybridized carbons (Fsp3) is 0.259. The molecule has 6 heteroatoms. The molecule has 0 N–H and O–H groups in total. The van der Waals surface area contributed by atoms with Crippen molar-refractivity contribution in [1.82, 2.24) is 14.5 Å². The van der Waals surface area contributed by atoms with Crippen molar-refractivity contribution in [2.45, 2.75) is 6.92 Å². The molecule has 0 amide bonds. The molecule has 1 aliphatic heterocycles. The van der Waals surface area contributed by atoms with Gasteiger partial charge in [-0.25, -0.2) is 4.98 Å². The van der Waals surface area contributed by atoms with Gasteiger partial charge in [-0.3, -0.25) is 14.3 Å². The van der Waals surface area contributed by atoms with Gasteiger partial charge in [0.05, 0.1) is 24.2 Å². The van der Waals surface area contributed by atoms with Crippen molar-refractivity contribution in [3.8, 4) is 16.8 Å². The van der Waals surface area contributed by atoms with Gasteiger partial charge in [-0.1, -0.05) is 42.5 Å². The van der Waals surface area contributed by atoms with E-state index in [0.717, 1.165) is 42.9 Å². The number of esters is 1. The second kappa shape index (κ2) is 9.46. The lowest BCUT2D eigenvalue weighted by Gasteiger charge is -2.35. The number of hydrogen-bond donors (Lipinski definition) is 0. The van der Waals surface area contributed by atoms with Crippen molar-refractivity contribution in [3.05, 3.63) is 79.1 Å². The maximum Gasteiger partial charge on any atom is 0.320 e. The zero-order chi connectivity index (χ0) is 22.6. The van der Waals surface area contributed by atoms with Gasteiger partial charge in [-0.15, -0.1) is 0 Å². The number of carbonyl (C=O) groups excluding carboxylic acids is 1. The van der Waals surface area contributed by atoms with E-state index in [9.17, 15) is 4.79 Å². The third-order valence-corrected chi connectivity index (χ3v) is 6.16. The number of carbonyl (C=O) groups is 1. The molecule has 0 saturated carbocycles. The Morgan fingerprint density at radius 2 is 1.67 bits per heavy atom. The zero-order valence-corrected chi connectivity index (χ0v) is 18.9. The topological polar surface area (TPSA) is 50.6 Å². The number of piperazine rings is 1. The summed E-state index contributed by atoms with van der Waals surface area (Å²) < 4.78 is 7.22. The van der Waals surface area contributed by atoms with Crippen LogP contribution in [-0.4, -0.2) is 59.8 Å². The molecule has 33 heavy (non-hydrogen) atoms. The Kier molecular flexibility index (Phi) is 6.09. The molecular weight excluding hydrogens is 412 g/mol. The molecule has 0 radical (unpaired) electrons. The molecule has 0 bridgehead atoms. The van der Waals surface area contributed by atoms with Gasteiger partial charge in [0.2, 0.25) is 0 Å². The largest absolute Gasteiger partial charge is 0.465 e. The SMILES string of the molecule is CCOC(=O)CN1CCN(c2cccc(-n3cnc4cc(-c5ccccc5)ccc43)c2)CC1. The summed E-state index contributed by atoms with van der Waals surface area (Å²) in [4.78, 5) is 21.0. The predicted molar refractivity (Wildman–Crippen MR) is 132 cm³/mol. The Morgan fingerprint density at radius 3 is 2.45 bits per heavy atom. The minimum Gasteiger partial charge on any atom is -0.465 e. The molecule has 1 aliphatic rings. The van der Waals surface area contributed by atoms with E-state index >= 15 is 0 Å². The van der Waals surface area contributed by atoms with E-state index in [1.54, 1.807) is 0 Å². The van der Waals surface area contributed by atoms with Crippen LogP contribution in [0.3, 0.4) is 0 Å². The van der Waals surface area contributed by atoms with E-state index < -0.39 is 0 Å². The van der Waals surface area contributed by atoms with Crippen LogP contribution in [0, 0.1) is 0 Å². The first-order valence-electron chi connectivity index (χ1n) is 11.5. The Morgan fingerprint density at radius 1 is 0.879 bits per heavy atom. The molecule has 3 aromatic carbocycles. The van der Waals surface area contributed by atoms with Gasteiger partial charge in [-0.05, 0) is 48.4 Å². The summed E-state index contributed by atoms with van der Waals surface area (Å²) in [6.45, 7) is 6.10. The maximum absolute atomic E-state index is 11.8. The number of aromatic nitrogens is 2. The molecule has 1 saturated heterocycles. The standard InChI is InChI=1S/C27H28N4O2/c1-2-33-27(32)19-29-13-15-30(16-14-29)23-9-6-10-24(18-23)31-20-28-25-17-22(11-12-26(25)31)21-7-4-3-5-8-21/h3-12,17-18,20H,2,13-16,19H2,1H3. The zero-order valence-electron chi connectivity index (χ0n) is 18.9. The Bertz CT molecular complexity index is 1240. The quantitative estimate of drug-likeness (QED) is 0.417. The van der Waals surface area contributed by atoms with Crippen LogP contribution in [0.4, 0.5) is 5.69 Å². The highest BCUT2D eigenvalue weighted by molar-refractivity contribution is 5.83. The normalized spacial score (nSPS) is 14.5. The fourth-order valence-corrected chi connectivity index (χ4v) is 4.42. The summed E-state index contributed by atoms with van der Waals surface area (Å²) in [5.74, 6) is -0.143. The van der Waals surface area contributed by atoms with Crippen molar-refractivity contribution in [3.63, 3.8) is 0 Å². The Labute approximate surface area is 194 Å². The number of hydrogen-bond acceptors (Lipinski definition) is 5. The van der Waals surface area contributed by atoms with Crippen molar-refractivity contribution in [2.24, 2.45) is 0 Å². The molecule has 4 aromatic rings. The first-order valence-corrected chi connectivity index (χ1v) is 11.5. The third-order valence-electron chi connectivity index (χ3n) is 6.16. The van der Waals surface area contributed by atoms with Crippen LogP contribution >= 0.6 is 0 Å². The van der Waals surface area contributed by atoms with Gasteiger partial charge in [-0.2, -0.15) is 0 Å². The summed E-state index contributed by atoms with van der Waals surface area (Å²) in [5.41, 5.74) is 6.71. The minimum absolute atomic E-state index is 0.143. The number of anilines is 1. The lowest BCUT2D eigenvalue weighted by Crippen LogP contribution is -2.48. The highest BCUT2D eigenvalue weighted by atomic mass is 16.5. The Hall–Kier alpha value is -3.64. The number of nitrogens with zero attached hydrogens (tertiary/aromatic N) is 4. The lowest BCUT2D eigenvalue weighted by molar-refractivity contribution is -0.144. The highest BCUT2D eigenvalue weighted by Gasteiger charge is 2.20. The van der Waals surface area contributed by atoms with Crippen LogP contribution in [0.1, 0.15) is 6.92 Å². The van der Waals surface area contributed by atoms with Gasteiger partial charge in [0.1, 0.15) is 6.33 Å². The molecular formula is C27H28N4O2. The molecule has 5 rings (SSSR count). The van der Waals surface area contributed by atoms with Crippen molar-refractivity contribution >= 4 is 22.7 Å². The van der Waals surface area contributed by atoms with Gasteiger partial charge < -0.3 is 9.64 Å². The molecule has 2 heterocycles. The van der Waals surface area contributed by atoms with Crippen LogP contribution in [0.5, 0.6) is 0 Å². The van der Waals surface area contributed by atoms with Crippen LogP contribution in [-0.2, 0) is 9.53 Å². The second-order valence-corrected chi connectivity index (χ2v) is 8.27. The average Bonchev–Trinajstić information content (AvgIpc) is 3.29. The van der Waals surface area contributed by atoms with E-state index in [4.69, 9.17) is 4.74 Å². The lowest BCUT2D eigenvalue weighted by atomic mass is 10.1.